The van der Waals surface area contributed by atoms with Crippen molar-refractivity contribution in [1.82, 2.24) is 13.3 Å². The minimum absolute atomic E-state index is 0.193. The zero-order valence-corrected chi connectivity index (χ0v) is 13.6. The van der Waals surface area contributed by atoms with Gasteiger partial charge in [-0.2, -0.15) is 7.99 Å². The Morgan fingerprint density at radius 3 is 3.15 bits per heavy atom. The van der Waals surface area contributed by atoms with Crippen molar-refractivity contribution in [3.63, 3.8) is 0 Å². The molecule has 108 valence electrons. The van der Waals surface area contributed by atoms with E-state index in [1.54, 1.807) is 6.20 Å². The molecule has 2 heterocycles. The summed E-state index contributed by atoms with van der Waals surface area (Å²) >= 11 is 1.84. The average Bonchev–Trinajstić information content (AvgIpc) is 2.49. The van der Waals surface area contributed by atoms with E-state index in [2.05, 4.69) is 23.1 Å². The molecule has 0 fully saturated rings. The lowest BCUT2D eigenvalue weighted by Crippen LogP contribution is -2.22. The van der Waals surface area contributed by atoms with E-state index in [1.165, 1.54) is 8.96 Å². The van der Waals surface area contributed by atoms with Gasteiger partial charge in [0, 0.05) is 12.6 Å². The van der Waals surface area contributed by atoms with Gasteiger partial charge >= 0.3 is 0 Å². The number of ether oxygens (including phenoxy) is 1. The van der Waals surface area contributed by atoms with Crippen LogP contribution in [0.25, 0.3) is 0 Å². The molecule has 0 saturated carbocycles. The Kier molecular flexibility index (Phi) is 5.36. The summed E-state index contributed by atoms with van der Waals surface area (Å²) in [6, 6.07) is 1.45. The van der Waals surface area contributed by atoms with Gasteiger partial charge in [-0.05, 0) is 37.5 Å². The maximum absolute atomic E-state index is 11.6. The maximum atomic E-state index is 11.6. The lowest BCUT2D eigenvalue weighted by Gasteiger charge is -2.21. The van der Waals surface area contributed by atoms with Gasteiger partial charge in [0.15, 0.2) is 0 Å². The minimum Gasteiger partial charge on any atom is -0.480 e. The second-order valence-corrected chi connectivity index (χ2v) is 5.72. The highest BCUT2D eigenvalue weighted by molar-refractivity contribution is 14.1. The van der Waals surface area contributed by atoms with Crippen LogP contribution in [0.2, 0.25) is 0 Å². The van der Waals surface area contributed by atoms with Crippen molar-refractivity contribution in [2.45, 2.75) is 25.9 Å². The van der Waals surface area contributed by atoms with Crippen LogP contribution in [0.4, 0.5) is 0 Å². The molecule has 1 N–H and O–H groups in total. The van der Waals surface area contributed by atoms with Crippen LogP contribution in [0.1, 0.15) is 19.8 Å². The molecule has 0 radical (unpaired) electrons. The van der Waals surface area contributed by atoms with Crippen molar-refractivity contribution in [2.24, 2.45) is 0 Å². The number of hydrogen-bond acceptors (Lipinski definition) is 4. The van der Waals surface area contributed by atoms with Crippen molar-refractivity contribution < 1.29 is 4.74 Å². The lowest BCUT2D eigenvalue weighted by molar-refractivity contribution is 0.265. The summed E-state index contributed by atoms with van der Waals surface area (Å²) in [6.07, 6.45) is 5.40. The fraction of sp³-hybridized carbons (Fsp3) is 0.429. The largest absolute Gasteiger partial charge is 0.480 e. The van der Waals surface area contributed by atoms with E-state index in [-0.39, 0.29) is 11.7 Å². The Hall–Kier alpha value is -1.15. The van der Waals surface area contributed by atoms with Crippen molar-refractivity contribution in [3.8, 4) is 5.75 Å². The highest BCUT2D eigenvalue weighted by Crippen LogP contribution is 2.22. The summed E-state index contributed by atoms with van der Waals surface area (Å²) in [7, 11) is 0. The minimum atomic E-state index is -0.194. The topological polar surface area (TPSA) is 56.1 Å². The molecule has 1 aliphatic heterocycles. The van der Waals surface area contributed by atoms with Crippen LogP contribution in [-0.4, -0.2) is 27.2 Å². The summed E-state index contributed by atoms with van der Waals surface area (Å²) < 4.78 is 7.18. The third kappa shape index (κ3) is 3.92. The molecule has 1 atom stereocenters. The molecule has 6 heteroatoms. The van der Waals surface area contributed by atoms with Crippen molar-refractivity contribution in [2.75, 3.05) is 13.1 Å². The molecule has 0 bridgehead atoms. The Bertz CT molecular complexity index is 580. The average molecular weight is 387 g/mol. The van der Waals surface area contributed by atoms with E-state index >= 15 is 0 Å². The van der Waals surface area contributed by atoms with E-state index < -0.39 is 0 Å². The van der Waals surface area contributed by atoms with Crippen LogP contribution in [0, 0.1) is 0 Å². The molecule has 20 heavy (non-hydrogen) atoms. The zero-order valence-electron chi connectivity index (χ0n) is 11.4. The van der Waals surface area contributed by atoms with Crippen LogP contribution in [-0.2, 0) is 0 Å². The van der Waals surface area contributed by atoms with Gasteiger partial charge < -0.3 is 10.1 Å². The molecule has 2 rings (SSSR count). The predicted molar refractivity (Wildman–Crippen MR) is 87.3 cm³/mol. The molecular formula is C14H18IN3O2. The van der Waals surface area contributed by atoms with Gasteiger partial charge in [-0.3, -0.25) is 4.79 Å². The van der Waals surface area contributed by atoms with Gasteiger partial charge in [0.25, 0.3) is 5.56 Å². The number of rotatable bonds is 2. The van der Waals surface area contributed by atoms with E-state index in [0.29, 0.717) is 5.75 Å². The van der Waals surface area contributed by atoms with Gasteiger partial charge in [-0.25, -0.2) is 0 Å². The molecular weight excluding hydrogens is 369 g/mol. The first-order valence-corrected chi connectivity index (χ1v) is 7.51. The molecule has 1 aromatic heterocycles. The van der Waals surface area contributed by atoms with Crippen LogP contribution in [0.15, 0.2) is 40.9 Å². The first-order chi connectivity index (χ1) is 9.58. The highest BCUT2D eigenvalue weighted by Gasteiger charge is 2.18. The summed E-state index contributed by atoms with van der Waals surface area (Å²) in [4.78, 5) is 11.6. The normalized spacial score (nSPS) is 23.2. The SMILES string of the molecule is C=C1CCCNC/C=C(/C)C1Oc1cnn(I)c(=O)c1. The molecule has 0 aromatic carbocycles. The lowest BCUT2D eigenvalue weighted by atomic mass is 10.00. The quantitative estimate of drug-likeness (QED) is 0.624. The summed E-state index contributed by atoms with van der Waals surface area (Å²) in [5.41, 5.74) is 1.93. The van der Waals surface area contributed by atoms with Crippen LogP contribution < -0.4 is 15.6 Å². The fourth-order valence-corrected chi connectivity index (χ4v) is 2.35. The van der Waals surface area contributed by atoms with Crippen molar-refractivity contribution in [3.05, 3.63) is 46.4 Å². The van der Waals surface area contributed by atoms with Gasteiger partial charge in [0.05, 0.1) is 29.1 Å². The van der Waals surface area contributed by atoms with Crippen LogP contribution in [0.3, 0.4) is 0 Å². The standard InChI is InChI=1S/C14H18IN3O2/c1-10-4-3-6-16-7-5-11(2)14(10)20-12-8-13(19)18(15)17-9-12/h5,8-9,14,16H,1,3-4,6-7H2,2H3/b11-5-. The maximum Gasteiger partial charge on any atom is 0.279 e. The van der Waals surface area contributed by atoms with Crippen molar-refractivity contribution >= 4 is 22.9 Å². The second kappa shape index (κ2) is 7.03. The summed E-state index contributed by atoms with van der Waals surface area (Å²) in [5, 5.41) is 7.30. The second-order valence-electron chi connectivity index (χ2n) is 4.80. The molecule has 1 unspecified atom stereocenters. The molecule has 1 aromatic rings. The zero-order chi connectivity index (χ0) is 14.5. The highest BCUT2D eigenvalue weighted by atomic mass is 127. The Balaban J connectivity index is 2.22. The van der Waals surface area contributed by atoms with E-state index in [9.17, 15) is 4.79 Å². The Labute approximate surface area is 132 Å². The van der Waals surface area contributed by atoms with Crippen LogP contribution >= 0.6 is 22.9 Å². The third-order valence-electron chi connectivity index (χ3n) is 3.19. The molecule has 0 saturated heterocycles. The monoisotopic (exact) mass is 387 g/mol. The third-order valence-corrected chi connectivity index (χ3v) is 3.92. The Morgan fingerprint density at radius 2 is 2.40 bits per heavy atom. The van der Waals surface area contributed by atoms with Gasteiger partial charge in [0.1, 0.15) is 11.9 Å². The van der Waals surface area contributed by atoms with Gasteiger partial charge in [-0.1, -0.05) is 12.7 Å². The van der Waals surface area contributed by atoms with Crippen molar-refractivity contribution in [1.29, 1.82) is 0 Å². The smallest absolute Gasteiger partial charge is 0.279 e. The van der Waals surface area contributed by atoms with Crippen LogP contribution in [0.5, 0.6) is 5.75 Å². The first kappa shape index (κ1) is 15.2. The van der Waals surface area contributed by atoms with Gasteiger partial charge in [-0.15, -0.1) is 0 Å². The number of hydrogen-bond donors (Lipinski definition) is 1. The number of halogens is 1. The molecule has 0 amide bonds. The predicted octanol–water partition coefficient (Wildman–Crippen LogP) is 2.07. The first-order valence-electron chi connectivity index (χ1n) is 6.55. The molecule has 5 nitrogen and oxygen atoms in total. The fourth-order valence-electron chi connectivity index (χ4n) is 2.09. The summed E-state index contributed by atoms with van der Waals surface area (Å²) in [5.74, 6) is 0.481. The van der Waals surface area contributed by atoms with Gasteiger partial charge in [0.2, 0.25) is 0 Å². The molecule has 0 aliphatic carbocycles. The van der Waals surface area contributed by atoms with E-state index in [0.717, 1.165) is 37.1 Å². The Morgan fingerprint density at radius 1 is 1.60 bits per heavy atom. The van der Waals surface area contributed by atoms with E-state index in [4.69, 9.17) is 4.74 Å². The molecule has 1 aliphatic rings. The van der Waals surface area contributed by atoms with E-state index in [1.807, 2.05) is 29.8 Å². The number of nitrogens with zero attached hydrogens (tertiary/aromatic N) is 2. The number of aromatic nitrogens is 2. The molecule has 0 spiro atoms. The number of nitrogens with one attached hydrogen (secondary N) is 1. The summed E-state index contributed by atoms with van der Waals surface area (Å²) in [6.45, 7) is 7.95.